The highest BCUT2D eigenvalue weighted by Gasteiger charge is 2.15. The molecule has 0 spiro atoms. The van der Waals surface area contributed by atoms with Gasteiger partial charge in [-0.3, -0.25) is 0 Å². The van der Waals surface area contributed by atoms with Crippen LogP contribution >= 0.6 is 0 Å². The van der Waals surface area contributed by atoms with Gasteiger partial charge in [0.05, 0.1) is 13.2 Å². The summed E-state index contributed by atoms with van der Waals surface area (Å²) in [5, 5.41) is 13.5. The van der Waals surface area contributed by atoms with Gasteiger partial charge in [0.1, 0.15) is 5.75 Å². The zero-order valence-corrected chi connectivity index (χ0v) is 12.1. The van der Waals surface area contributed by atoms with Gasteiger partial charge in [-0.1, -0.05) is 26.0 Å². The van der Waals surface area contributed by atoms with Gasteiger partial charge in [0.2, 0.25) is 0 Å². The van der Waals surface area contributed by atoms with Crippen molar-refractivity contribution in [2.24, 2.45) is 5.92 Å². The van der Waals surface area contributed by atoms with E-state index in [1.165, 1.54) is 5.56 Å². The fourth-order valence-electron chi connectivity index (χ4n) is 1.96. The second-order valence-corrected chi connectivity index (χ2v) is 5.20. The summed E-state index contributed by atoms with van der Waals surface area (Å²) in [6.45, 7) is 9.82. The summed E-state index contributed by atoms with van der Waals surface area (Å²) in [7, 11) is 1.65. The van der Waals surface area contributed by atoms with Gasteiger partial charge in [0, 0.05) is 12.1 Å². The van der Waals surface area contributed by atoms with Crippen molar-refractivity contribution in [1.82, 2.24) is 5.32 Å². The molecule has 3 nitrogen and oxygen atoms in total. The summed E-state index contributed by atoms with van der Waals surface area (Å²) >= 11 is 0. The minimum atomic E-state index is -0.530. The Morgan fingerprint density at radius 2 is 1.89 bits per heavy atom. The van der Waals surface area contributed by atoms with E-state index < -0.39 is 6.10 Å². The maximum Gasteiger partial charge on any atom is 0.127 e. The van der Waals surface area contributed by atoms with E-state index in [0.717, 1.165) is 23.4 Å². The number of methoxy groups -OCH3 is 1. The molecule has 0 bridgehead atoms. The SMILES string of the molecule is COc1c(C(O)CNCC(C)C)ccc(C)c1C. The molecule has 102 valence electrons. The molecule has 0 aromatic heterocycles. The number of aliphatic hydroxyl groups excluding tert-OH is 1. The van der Waals surface area contributed by atoms with Crippen LogP contribution in [0, 0.1) is 19.8 Å². The molecule has 1 rings (SSSR count). The molecule has 1 atom stereocenters. The second-order valence-electron chi connectivity index (χ2n) is 5.20. The van der Waals surface area contributed by atoms with Gasteiger partial charge in [0.25, 0.3) is 0 Å². The lowest BCUT2D eigenvalue weighted by Crippen LogP contribution is -2.25. The van der Waals surface area contributed by atoms with Crippen LogP contribution in [0.5, 0.6) is 5.75 Å². The summed E-state index contributed by atoms with van der Waals surface area (Å²) in [4.78, 5) is 0. The normalized spacial score (nSPS) is 12.8. The molecule has 1 aromatic carbocycles. The highest BCUT2D eigenvalue weighted by atomic mass is 16.5. The number of hydrogen-bond acceptors (Lipinski definition) is 3. The van der Waals surface area contributed by atoms with Gasteiger partial charge in [-0.15, -0.1) is 0 Å². The zero-order chi connectivity index (χ0) is 13.7. The summed E-state index contributed by atoms with van der Waals surface area (Å²) in [6, 6.07) is 3.97. The van der Waals surface area contributed by atoms with E-state index >= 15 is 0 Å². The highest BCUT2D eigenvalue weighted by Crippen LogP contribution is 2.30. The van der Waals surface area contributed by atoms with Crippen LogP contribution in [0.3, 0.4) is 0 Å². The number of nitrogens with one attached hydrogen (secondary N) is 1. The quantitative estimate of drug-likeness (QED) is 0.816. The molecule has 0 aliphatic carbocycles. The van der Waals surface area contributed by atoms with Crippen LogP contribution < -0.4 is 10.1 Å². The van der Waals surface area contributed by atoms with Crippen LogP contribution in [-0.4, -0.2) is 25.3 Å². The summed E-state index contributed by atoms with van der Waals surface area (Å²) in [5.74, 6) is 1.38. The molecular weight excluding hydrogens is 226 g/mol. The van der Waals surface area contributed by atoms with Crippen molar-refractivity contribution in [3.05, 3.63) is 28.8 Å². The molecule has 3 heteroatoms. The molecule has 0 aliphatic heterocycles. The van der Waals surface area contributed by atoms with Crippen LogP contribution in [0.2, 0.25) is 0 Å². The van der Waals surface area contributed by atoms with Crippen molar-refractivity contribution < 1.29 is 9.84 Å². The molecule has 0 aliphatic rings. The molecule has 0 saturated heterocycles. The van der Waals surface area contributed by atoms with Crippen molar-refractivity contribution in [3.8, 4) is 5.75 Å². The minimum Gasteiger partial charge on any atom is -0.496 e. The van der Waals surface area contributed by atoms with Crippen LogP contribution in [0.25, 0.3) is 0 Å². The van der Waals surface area contributed by atoms with Crippen molar-refractivity contribution in [3.63, 3.8) is 0 Å². The third-order valence-electron chi connectivity index (χ3n) is 3.16. The van der Waals surface area contributed by atoms with Crippen LogP contribution in [-0.2, 0) is 0 Å². The van der Waals surface area contributed by atoms with Crippen LogP contribution in [0.15, 0.2) is 12.1 Å². The molecular formula is C15H25NO2. The lowest BCUT2D eigenvalue weighted by atomic mass is 10.0. The molecule has 0 radical (unpaired) electrons. The van der Waals surface area contributed by atoms with E-state index in [-0.39, 0.29) is 0 Å². The Bertz CT molecular complexity index is 388. The predicted molar refractivity (Wildman–Crippen MR) is 75.1 cm³/mol. The monoisotopic (exact) mass is 251 g/mol. The average Bonchev–Trinajstić information content (AvgIpc) is 2.31. The first-order chi connectivity index (χ1) is 8.47. The number of aliphatic hydroxyl groups is 1. The van der Waals surface area contributed by atoms with E-state index in [1.807, 2.05) is 26.0 Å². The topological polar surface area (TPSA) is 41.5 Å². The molecule has 18 heavy (non-hydrogen) atoms. The van der Waals surface area contributed by atoms with E-state index in [1.54, 1.807) is 7.11 Å². The molecule has 0 amide bonds. The molecule has 1 aromatic rings. The largest absolute Gasteiger partial charge is 0.496 e. The highest BCUT2D eigenvalue weighted by molar-refractivity contribution is 5.46. The maximum atomic E-state index is 10.2. The first-order valence-electron chi connectivity index (χ1n) is 6.50. The third-order valence-corrected chi connectivity index (χ3v) is 3.16. The molecule has 1 unspecified atom stereocenters. The summed E-state index contributed by atoms with van der Waals surface area (Å²) in [5.41, 5.74) is 3.13. The zero-order valence-electron chi connectivity index (χ0n) is 12.1. The van der Waals surface area contributed by atoms with Gasteiger partial charge >= 0.3 is 0 Å². The molecule has 2 N–H and O–H groups in total. The number of benzene rings is 1. The Labute approximate surface area is 110 Å². The molecule has 0 heterocycles. The van der Waals surface area contributed by atoms with Crippen molar-refractivity contribution in [2.45, 2.75) is 33.8 Å². The Morgan fingerprint density at radius 1 is 1.22 bits per heavy atom. The first-order valence-corrected chi connectivity index (χ1v) is 6.50. The van der Waals surface area contributed by atoms with Gasteiger partial charge in [-0.2, -0.15) is 0 Å². The Kier molecular flexibility index (Phi) is 5.63. The predicted octanol–water partition coefficient (Wildman–Crippen LogP) is 2.59. The second kappa shape index (κ2) is 6.76. The minimum absolute atomic E-state index is 0.530. The van der Waals surface area contributed by atoms with Crippen molar-refractivity contribution >= 4 is 0 Å². The lowest BCUT2D eigenvalue weighted by Gasteiger charge is -2.19. The van der Waals surface area contributed by atoms with Gasteiger partial charge in [0.15, 0.2) is 0 Å². The maximum absolute atomic E-state index is 10.2. The first kappa shape index (κ1) is 15.0. The van der Waals surface area contributed by atoms with E-state index in [9.17, 15) is 5.11 Å². The van der Waals surface area contributed by atoms with Crippen LogP contribution in [0.4, 0.5) is 0 Å². The van der Waals surface area contributed by atoms with Gasteiger partial charge in [-0.05, 0) is 37.4 Å². The fraction of sp³-hybridized carbons (Fsp3) is 0.600. The fourth-order valence-corrected chi connectivity index (χ4v) is 1.96. The number of ether oxygens (including phenoxy) is 1. The Hall–Kier alpha value is -1.06. The van der Waals surface area contributed by atoms with Gasteiger partial charge < -0.3 is 15.2 Å². The molecule has 0 saturated carbocycles. The summed E-state index contributed by atoms with van der Waals surface area (Å²) in [6.07, 6.45) is -0.530. The third kappa shape index (κ3) is 3.72. The summed E-state index contributed by atoms with van der Waals surface area (Å²) < 4.78 is 5.42. The van der Waals surface area contributed by atoms with Crippen molar-refractivity contribution in [1.29, 1.82) is 0 Å². The van der Waals surface area contributed by atoms with E-state index in [0.29, 0.717) is 12.5 Å². The lowest BCUT2D eigenvalue weighted by molar-refractivity contribution is 0.169. The standard InChI is InChI=1S/C15H25NO2/c1-10(2)8-16-9-14(17)13-7-6-11(3)12(4)15(13)18-5/h6-7,10,14,16-17H,8-9H2,1-5H3. The average molecular weight is 251 g/mol. The number of aryl methyl sites for hydroxylation is 1. The Balaban J connectivity index is 2.79. The van der Waals surface area contributed by atoms with E-state index in [4.69, 9.17) is 4.74 Å². The number of rotatable bonds is 6. The van der Waals surface area contributed by atoms with Crippen LogP contribution in [0.1, 0.15) is 36.6 Å². The molecule has 0 fully saturated rings. The Morgan fingerprint density at radius 3 is 2.44 bits per heavy atom. The number of hydrogen-bond donors (Lipinski definition) is 2. The van der Waals surface area contributed by atoms with Gasteiger partial charge in [-0.25, -0.2) is 0 Å². The van der Waals surface area contributed by atoms with E-state index in [2.05, 4.69) is 19.2 Å². The smallest absolute Gasteiger partial charge is 0.127 e. The van der Waals surface area contributed by atoms with Crippen molar-refractivity contribution in [2.75, 3.05) is 20.2 Å².